The fourth-order valence-corrected chi connectivity index (χ4v) is 5.68. The van der Waals surface area contributed by atoms with Gasteiger partial charge in [-0.05, 0) is 61.7 Å². The zero-order valence-electron chi connectivity index (χ0n) is 23.3. The Morgan fingerprint density at radius 1 is 1.00 bits per heavy atom. The Kier molecular flexibility index (Phi) is 10.7. The number of aryl methyl sites for hydroxylation is 1. The van der Waals surface area contributed by atoms with Crippen LogP contribution < -0.4 is 14.4 Å². The number of hydrogen-bond donors (Lipinski definition) is 1. The Hall–Kier alpha value is -3.92. The highest BCUT2D eigenvalue weighted by Gasteiger charge is 2.34. The van der Waals surface area contributed by atoms with Gasteiger partial charge < -0.3 is 15.0 Å². The van der Waals surface area contributed by atoms with Gasteiger partial charge in [-0.15, -0.1) is 0 Å². The molecule has 0 fully saturated rings. The molecule has 1 atom stereocenters. The summed E-state index contributed by atoms with van der Waals surface area (Å²) in [5.74, 6) is -1.22. The van der Waals surface area contributed by atoms with Crippen molar-refractivity contribution in [1.29, 1.82) is 0 Å². The number of anilines is 1. The summed E-state index contributed by atoms with van der Waals surface area (Å²) in [5, 5.41) is 2.83. The van der Waals surface area contributed by atoms with Crippen LogP contribution in [0.25, 0.3) is 0 Å². The topological polar surface area (TPSA) is 96.0 Å². The number of halogens is 1. The molecule has 0 saturated heterocycles. The minimum atomic E-state index is -4.35. The molecule has 214 valence electrons. The number of amides is 2. The molecule has 3 rings (SSSR count). The van der Waals surface area contributed by atoms with E-state index in [9.17, 15) is 18.0 Å². The van der Waals surface area contributed by atoms with E-state index in [4.69, 9.17) is 4.74 Å². The molecule has 0 aliphatic rings. The quantitative estimate of drug-likeness (QED) is 0.323. The van der Waals surface area contributed by atoms with Crippen molar-refractivity contribution in [3.8, 4) is 5.75 Å². The number of carbonyl (C=O) groups excluding carboxylic acids is 2. The van der Waals surface area contributed by atoms with Gasteiger partial charge in [0.25, 0.3) is 10.0 Å². The first-order valence-electron chi connectivity index (χ1n) is 13.2. The predicted octanol–water partition coefficient (Wildman–Crippen LogP) is 4.67. The average molecular weight is 570 g/mol. The van der Waals surface area contributed by atoms with Gasteiger partial charge in [-0.1, -0.05) is 55.8 Å². The molecule has 2 amide bonds. The second-order valence-electron chi connectivity index (χ2n) is 9.36. The average Bonchev–Trinajstić information content (AvgIpc) is 2.95. The van der Waals surface area contributed by atoms with Crippen molar-refractivity contribution in [2.75, 3.05) is 24.5 Å². The monoisotopic (exact) mass is 569 g/mol. The summed E-state index contributed by atoms with van der Waals surface area (Å²) in [6, 6.07) is 17.7. The van der Waals surface area contributed by atoms with Crippen molar-refractivity contribution < 1.29 is 27.1 Å². The molecule has 0 saturated carbocycles. The number of hydrogen-bond acceptors (Lipinski definition) is 5. The molecule has 0 bridgehead atoms. The highest BCUT2D eigenvalue weighted by atomic mass is 32.2. The van der Waals surface area contributed by atoms with Crippen LogP contribution in [-0.2, 0) is 26.2 Å². The minimum absolute atomic E-state index is 0.0176. The van der Waals surface area contributed by atoms with Crippen molar-refractivity contribution in [2.45, 2.75) is 51.1 Å². The van der Waals surface area contributed by atoms with Gasteiger partial charge in [-0.2, -0.15) is 0 Å². The summed E-state index contributed by atoms with van der Waals surface area (Å²) in [5.41, 5.74) is 1.27. The lowest BCUT2D eigenvalue weighted by Crippen LogP contribution is -2.52. The van der Waals surface area contributed by atoms with Crippen LogP contribution in [0, 0.1) is 12.7 Å². The Balaban J connectivity index is 2.07. The highest BCUT2D eigenvalue weighted by Crippen LogP contribution is 2.27. The lowest BCUT2D eigenvalue weighted by Gasteiger charge is -2.33. The van der Waals surface area contributed by atoms with Gasteiger partial charge in [0.05, 0.1) is 17.7 Å². The number of nitrogens with zero attached hydrogens (tertiary/aromatic N) is 2. The number of sulfonamides is 1. The SMILES string of the molecule is CCCNC(=O)C(CC)N(Cc1cccc(OC)c1)C(=O)CN(c1ccccc1F)S(=O)(=O)c1ccc(C)cc1. The summed E-state index contributed by atoms with van der Waals surface area (Å²) in [6.07, 6.45) is 0.998. The molecule has 0 spiro atoms. The second kappa shape index (κ2) is 13.9. The Labute approximate surface area is 235 Å². The minimum Gasteiger partial charge on any atom is -0.497 e. The van der Waals surface area contributed by atoms with Gasteiger partial charge in [0.1, 0.15) is 24.2 Å². The Morgan fingerprint density at radius 2 is 1.70 bits per heavy atom. The van der Waals surface area contributed by atoms with E-state index in [2.05, 4.69) is 5.32 Å². The number of carbonyl (C=O) groups is 2. The smallest absolute Gasteiger partial charge is 0.264 e. The zero-order chi connectivity index (χ0) is 29.3. The summed E-state index contributed by atoms with van der Waals surface area (Å²) in [7, 11) is -2.82. The third-order valence-electron chi connectivity index (χ3n) is 6.43. The van der Waals surface area contributed by atoms with E-state index >= 15 is 4.39 Å². The van der Waals surface area contributed by atoms with Crippen LogP contribution in [0.1, 0.15) is 37.8 Å². The van der Waals surface area contributed by atoms with Gasteiger partial charge in [0, 0.05) is 13.1 Å². The molecule has 40 heavy (non-hydrogen) atoms. The molecule has 8 nitrogen and oxygen atoms in total. The first-order chi connectivity index (χ1) is 19.1. The maximum absolute atomic E-state index is 15.0. The molecule has 0 aliphatic heterocycles. The standard InChI is InChI=1S/C30H36FN3O5S/c1-5-18-32-30(36)27(6-2)33(20-23-10-9-11-24(19-23)39-4)29(35)21-34(28-13-8-7-12-26(28)31)40(37,38)25-16-14-22(3)15-17-25/h7-17,19,27H,5-6,18,20-21H2,1-4H3,(H,32,36). The molecule has 0 radical (unpaired) electrons. The summed E-state index contributed by atoms with van der Waals surface area (Å²) in [6.45, 7) is 5.25. The van der Waals surface area contributed by atoms with Gasteiger partial charge in [0.15, 0.2) is 0 Å². The molecule has 3 aromatic carbocycles. The first kappa shape index (κ1) is 30.6. The number of nitrogens with one attached hydrogen (secondary N) is 1. The summed E-state index contributed by atoms with van der Waals surface area (Å²) >= 11 is 0. The van der Waals surface area contributed by atoms with Crippen molar-refractivity contribution in [3.63, 3.8) is 0 Å². The molecule has 10 heteroatoms. The Morgan fingerprint density at radius 3 is 2.33 bits per heavy atom. The predicted molar refractivity (Wildman–Crippen MR) is 153 cm³/mol. The van der Waals surface area contributed by atoms with E-state index in [1.54, 1.807) is 43.3 Å². The van der Waals surface area contributed by atoms with Crippen molar-refractivity contribution in [2.24, 2.45) is 0 Å². The van der Waals surface area contributed by atoms with Crippen LogP contribution in [0.15, 0.2) is 77.7 Å². The van der Waals surface area contributed by atoms with Gasteiger partial charge in [0.2, 0.25) is 11.8 Å². The third kappa shape index (κ3) is 7.38. The van der Waals surface area contributed by atoms with Gasteiger partial charge in [-0.25, -0.2) is 12.8 Å². The van der Waals surface area contributed by atoms with Crippen molar-refractivity contribution in [3.05, 3.63) is 89.7 Å². The maximum atomic E-state index is 15.0. The van der Waals surface area contributed by atoms with Crippen LogP contribution >= 0.6 is 0 Å². The van der Waals surface area contributed by atoms with E-state index in [0.29, 0.717) is 24.3 Å². The van der Waals surface area contributed by atoms with Gasteiger partial charge >= 0.3 is 0 Å². The van der Waals surface area contributed by atoms with Crippen LogP contribution in [-0.4, -0.2) is 51.4 Å². The number of rotatable bonds is 13. The number of methoxy groups -OCH3 is 1. The molecule has 0 aromatic heterocycles. The molecule has 0 aliphatic carbocycles. The van der Waals surface area contributed by atoms with E-state index in [1.165, 1.54) is 42.3 Å². The van der Waals surface area contributed by atoms with E-state index < -0.39 is 34.3 Å². The lowest BCUT2D eigenvalue weighted by molar-refractivity contribution is -0.140. The molecule has 3 aromatic rings. The third-order valence-corrected chi connectivity index (χ3v) is 8.21. The van der Waals surface area contributed by atoms with E-state index in [1.807, 2.05) is 13.8 Å². The number of para-hydroxylation sites is 1. The largest absolute Gasteiger partial charge is 0.497 e. The zero-order valence-corrected chi connectivity index (χ0v) is 24.1. The molecular formula is C30H36FN3O5S. The van der Waals surface area contributed by atoms with Gasteiger partial charge in [-0.3, -0.25) is 13.9 Å². The first-order valence-corrected chi connectivity index (χ1v) is 14.6. The maximum Gasteiger partial charge on any atom is 0.264 e. The summed E-state index contributed by atoms with van der Waals surface area (Å²) < 4.78 is 48.7. The summed E-state index contributed by atoms with van der Waals surface area (Å²) in [4.78, 5) is 28.4. The number of ether oxygens (including phenoxy) is 1. The van der Waals surface area contributed by atoms with Crippen molar-refractivity contribution >= 4 is 27.5 Å². The van der Waals surface area contributed by atoms with Crippen LogP contribution in [0.2, 0.25) is 0 Å². The van der Waals surface area contributed by atoms with Crippen LogP contribution in [0.4, 0.5) is 10.1 Å². The molecular weight excluding hydrogens is 533 g/mol. The van der Waals surface area contributed by atoms with Crippen LogP contribution in [0.3, 0.4) is 0 Å². The van der Waals surface area contributed by atoms with Crippen LogP contribution in [0.5, 0.6) is 5.75 Å². The molecule has 0 heterocycles. The Bertz CT molecular complexity index is 1410. The fourth-order valence-electron chi connectivity index (χ4n) is 4.26. The lowest BCUT2D eigenvalue weighted by atomic mass is 10.1. The molecule has 1 N–H and O–H groups in total. The van der Waals surface area contributed by atoms with Crippen molar-refractivity contribution in [1.82, 2.24) is 10.2 Å². The second-order valence-corrected chi connectivity index (χ2v) is 11.2. The van der Waals surface area contributed by atoms with E-state index in [0.717, 1.165) is 15.9 Å². The van der Waals surface area contributed by atoms with E-state index in [-0.39, 0.29) is 29.5 Å². The normalized spacial score (nSPS) is 11.9. The fraction of sp³-hybridized carbons (Fsp3) is 0.333. The molecule has 1 unspecified atom stereocenters. The number of benzene rings is 3. The highest BCUT2D eigenvalue weighted by molar-refractivity contribution is 7.92.